The zero-order chi connectivity index (χ0) is 10.6. The van der Waals surface area contributed by atoms with E-state index >= 15 is 0 Å². The zero-order valence-electron chi connectivity index (χ0n) is 8.28. The Morgan fingerprint density at radius 2 is 2.50 bits per heavy atom. The Bertz CT molecular complexity index is 308. The van der Waals surface area contributed by atoms with E-state index in [4.69, 9.17) is 5.11 Å². The lowest BCUT2D eigenvalue weighted by Crippen LogP contribution is -2.36. The minimum atomic E-state index is -0.163. The smallest absolute Gasteiger partial charge is 0.263 e. The van der Waals surface area contributed by atoms with Crippen LogP contribution in [0.1, 0.15) is 28.7 Å². The molecule has 0 saturated carbocycles. The Labute approximate surface area is 87.0 Å². The monoisotopic (exact) mass is 214 g/mol. The molecule has 0 aliphatic heterocycles. The highest BCUT2D eigenvalue weighted by Gasteiger charge is 2.14. The summed E-state index contributed by atoms with van der Waals surface area (Å²) in [5, 5.41) is 11.7. The van der Waals surface area contributed by atoms with Crippen molar-refractivity contribution in [3.8, 4) is 0 Å². The van der Waals surface area contributed by atoms with Crippen LogP contribution in [0.4, 0.5) is 0 Å². The molecule has 1 aromatic rings. The van der Waals surface area contributed by atoms with Gasteiger partial charge in [-0.25, -0.2) is 4.98 Å². The summed E-state index contributed by atoms with van der Waals surface area (Å²) in [6, 6.07) is -0.163. The molecule has 1 heterocycles. The van der Waals surface area contributed by atoms with Gasteiger partial charge in [-0.2, -0.15) is 0 Å². The summed E-state index contributed by atoms with van der Waals surface area (Å²) in [7, 11) is 0. The molecule has 0 aliphatic carbocycles. The van der Waals surface area contributed by atoms with Crippen molar-refractivity contribution in [2.75, 3.05) is 6.61 Å². The van der Waals surface area contributed by atoms with Crippen molar-refractivity contribution in [1.29, 1.82) is 0 Å². The first kappa shape index (κ1) is 11.1. The molecule has 1 atom stereocenters. The van der Waals surface area contributed by atoms with Gasteiger partial charge < -0.3 is 10.4 Å². The van der Waals surface area contributed by atoms with Crippen molar-refractivity contribution < 1.29 is 9.90 Å². The summed E-state index contributed by atoms with van der Waals surface area (Å²) in [6.45, 7) is 3.69. The molecule has 2 N–H and O–H groups in total. The summed E-state index contributed by atoms with van der Waals surface area (Å²) in [4.78, 5) is 16.2. The lowest BCUT2D eigenvalue weighted by molar-refractivity contribution is 0.0918. The molecule has 0 radical (unpaired) electrons. The summed E-state index contributed by atoms with van der Waals surface area (Å²) < 4.78 is 0. The predicted molar refractivity (Wildman–Crippen MR) is 55.5 cm³/mol. The van der Waals surface area contributed by atoms with E-state index in [1.165, 1.54) is 11.3 Å². The average Bonchev–Trinajstić information content (AvgIpc) is 2.60. The highest BCUT2D eigenvalue weighted by molar-refractivity contribution is 7.11. The van der Waals surface area contributed by atoms with Gasteiger partial charge in [0, 0.05) is 0 Å². The normalized spacial score (nSPS) is 12.5. The average molecular weight is 214 g/mol. The Hall–Kier alpha value is -0.940. The maximum Gasteiger partial charge on any atom is 0.263 e. The van der Waals surface area contributed by atoms with Crippen LogP contribution in [0.3, 0.4) is 0 Å². The van der Waals surface area contributed by atoms with Gasteiger partial charge in [-0.3, -0.25) is 4.79 Å². The lowest BCUT2D eigenvalue weighted by Gasteiger charge is -2.12. The highest BCUT2D eigenvalue weighted by Crippen LogP contribution is 2.11. The first-order chi connectivity index (χ1) is 6.69. The largest absolute Gasteiger partial charge is 0.394 e. The van der Waals surface area contributed by atoms with Crippen LogP contribution in [0, 0.1) is 6.92 Å². The molecule has 0 aliphatic rings. The number of aliphatic hydroxyl groups is 1. The molecule has 1 rings (SSSR count). The Kier molecular flexibility index (Phi) is 4.03. The fourth-order valence-electron chi connectivity index (χ4n) is 1.05. The third-order valence-corrected chi connectivity index (χ3v) is 2.93. The molecular weight excluding hydrogens is 200 g/mol. The molecule has 4 nitrogen and oxygen atoms in total. The van der Waals surface area contributed by atoms with Gasteiger partial charge in [0.15, 0.2) is 0 Å². The second kappa shape index (κ2) is 5.07. The molecule has 78 valence electrons. The van der Waals surface area contributed by atoms with Crippen LogP contribution in [0.2, 0.25) is 0 Å². The van der Waals surface area contributed by atoms with E-state index < -0.39 is 0 Å². The van der Waals surface area contributed by atoms with Gasteiger partial charge in [0.2, 0.25) is 0 Å². The molecule has 1 amide bonds. The minimum Gasteiger partial charge on any atom is -0.394 e. The number of carbonyl (C=O) groups is 1. The number of nitrogens with one attached hydrogen (secondary N) is 1. The van der Waals surface area contributed by atoms with E-state index in [1.807, 2.05) is 6.92 Å². The summed E-state index contributed by atoms with van der Waals surface area (Å²) in [6.07, 6.45) is 0.722. The molecule has 0 bridgehead atoms. The van der Waals surface area contributed by atoms with Crippen LogP contribution in [-0.4, -0.2) is 28.6 Å². The molecular formula is C9H14N2O2S. The zero-order valence-corrected chi connectivity index (χ0v) is 9.10. The number of amides is 1. The molecule has 5 heteroatoms. The minimum absolute atomic E-state index is 0.0277. The molecule has 0 saturated heterocycles. The van der Waals surface area contributed by atoms with Gasteiger partial charge in [0.1, 0.15) is 4.88 Å². The second-order valence-corrected chi connectivity index (χ2v) is 3.88. The maximum absolute atomic E-state index is 11.6. The molecule has 0 unspecified atom stereocenters. The number of carbonyl (C=O) groups excluding carboxylic acids is 1. The van der Waals surface area contributed by atoms with Crippen molar-refractivity contribution in [2.24, 2.45) is 0 Å². The lowest BCUT2D eigenvalue weighted by atomic mass is 10.2. The van der Waals surface area contributed by atoms with Gasteiger partial charge >= 0.3 is 0 Å². The molecule has 14 heavy (non-hydrogen) atoms. The van der Waals surface area contributed by atoms with Crippen molar-refractivity contribution in [1.82, 2.24) is 10.3 Å². The van der Waals surface area contributed by atoms with Crippen molar-refractivity contribution >= 4 is 17.2 Å². The number of hydrogen-bond acceptors (Lipinski definition) is 4. The van der Waals surface area contributed by atoms with Gasteiger partial charge in [0.05, 0.1) is 23.9 Å². The van der Waals surface area contributed by atoms with Crippen LogP contribution in [0.15, 0.2) is 5.51 Å². The summed E-state index contributed by atoms with van der Waals surface area (Å²) >= 11 is 1.32. The number of nitrogens with zero attached hydrogens (tertiary/aromatic N) is 1. The van der Waals surface area contributed by atoms with Crippen molar-refractivity contribution in [3.63, 3.8) is 0 Å². The predicted octanol–water partition coefficient (Wildman–Crippen LogP) is 0.952. The first-order valence-corrected chi connectivity index (χ1v) is 5.38. The molecule has 0 fully saturated rings. The number of thiazole rings is 1. The van der Waals surface area contributed by atoms with Crippen LogP contribution in [-0.2, 0) is 0 Å². The Morgan fingerprint density at radius 1 is 1.79 bits per heavy atom. The van der Waals surface area contributed by atoms with E-state index in [0.29, 0.717) is 4.88 Å². The third kappa shape index (κ3) is 2.52. The summed E-state index contributed by atoms with van der Waals surface area (Å²) in [5.74, 6) is -0.147. The van der Waals surface area contributed by atoms with E-state index in [9.17, 15) is 4.79 Å². The second-order valence-electron chi connectivity index (χ2n) is 3.03. The quantitative estimate of drug-likeness (QED) is 0.784. The van der Waals surface area contributed by atoms with Crippen molar-refractivity contribution in [3.05, 3.63) is 16.1 Å². The topological polar surface area (TPSA) is 62.2 Å². The van der Waals surface area contributed by atoms with E-state index in [0.717, 1.165) is 12.1 Å². The summed E-state index contributed by atoms with van der Waals surface area (Å²) in [5.41, 5.74) is 2.38. The van der Waals surface area contributed by atoms with Crippen LogP contribution >= 0.6 is 11.3 Å². The van der Waals surface area contributed by atoms with Gasteiger partial charge in [-0.15, -0.1) is 11.3 Å². The number of aromatic nitrogens is 1. The first-order valence-electron chi connectivity index (χ1n) is 4.50. The van der Waals surface area contributed by atoms with Gasteiger partial charge in [-0.05, 0) is 13.3 Å². The van der Waals surface area contributed by atoms with E-state index in [1.54, 1.807) is 12.4 Å². The SMILES string of the molecule is CC[C@H](CO)NC(=O)c1scnc1C. The molecule has 0 aromatic carbocycles. The van der Waals surface area contributed by atoms with Crippen LogP contribution < -0.4 is 5.32 Å². The number of aliphatic hydroxyl groups excluding tert-OH is 1. The highest BCUT2D eigenvalue weighted by atomic mass is 32.1. The third-order valence-electron chi connectivity index (χ3n) is 2.00. The number of hydrogen-bond donors (Lipinski definition) is 2. The Morgan fingerprint density at radius 3 is 2.93 bits per heavy atom. The van der Waals surface area contributed by atoms with E-state index in [-0.39, 0.29) is 18.6 Å². The fourth-order valence-corrected chi connectivity index (χ4v) is 1.75. The molecule has 0 spiro atoms. The van der Waals surface area contributed by atoms with Crippen molar-refractivity contribution in [2.45, 2.75) is 26.3 Å². The fraction of sp³-hybridized carbons (Fsp3) is 0.556. The van der Waals surface area contributed by atoms with Crippen LogP contribution in [0.25, 0.3) is 0 Å². The van der Waals surface area contributed by atoms with E-state index in [2.05, 4.69) is 10.3 Å². The molecule has 1 aromatic heterocycles. The van der Waals surface area contributed by atoms with Crippen LogP contribution in [0.5, 0.6) is 0 Å². The number of rotatable bonds is 4. The van der Waals surface area contributed by atoms with Gasteiger partial charge in [0.25, 0.3) is 5.91 Å². The van der Waals surface area contributed by atoms with Gasteiger partial charge in [-0.1, -0.05) is 6.92 Å². The number of aryl methyl sites for hydroxylation is 1. The maximum atomic E-state index is 11.6. The standard InChI is InChI=1S/C9H14N2O2S/c1-3-7(4-12)11-9(13)8-6(2)10-5-14-8/h5,7,12H,3-4H2,1-2H3,(H,11,13)/t7-/m1/s1. The Balaban J connectivity index is 2.63.